The maximum absolute atomic E-state index is 13.1. The summed E-state index contributed by atoms with van der Waals surface area (Å²) in [5, 5.41) is 14.6. The summed E-state index contributed by atoms with van der Waals surface area (Å²) in [7, 11) is 0. The van der Waals surface area contributed by atoms with Crippen LogP contribution in [0.4, 0.5) is 9.52 Å². The number of carboxylic acid groups (broad SMARTS) is 1. The predicted molar refractivity (Wildman–Crippen MR) is 100 cm³/mol. The number of aryl methyl sites for hydroxylation is 1. The van der Waals surface area contributed by atoms with Crippen LogP contribution in [-0.4, -0.2) is 16.9 Å². The predicted octanol–water partition coefficient (Wildman–Crippen LogP) is 3.31. The average Bonchev–Trinajstić information content (AvgIpc) is 2.97. The normalized spacial score (nSPS) is 19.9. The zero-order chi connectivity index (χ0) is 19.7. The van der Waals surface area contributed by atoms with Gasteiger partial charge in [-0.05, 0) is 57.9 Å². The van der Waals surface area contributed by atoms with Crippen molar-refractivity contribution in [3.05, 3.63) is 46.1 Å². The van der Waals surface area contributed by atoms with Crippen LogP contribution in [0.15, 0.2) is 35.4 Å². The second-order valence-corrected chi connectivity index (χ2v) is 8.12. The number of carboxylic acids is 1. The largest absolute Gasteiger partial charge is 0.550 e. The van der Waals surface area contributed by atoms with E-state index in [0.717, 1.165) is 21.6 Å². The number of aromatic nitrogens is 1. The molecule has 1 aromatic carbocycles. The van der Waals surface area contributed by atoms with Gasteiger partial charge in [-0.15, -0.1) is 11.3 Å². The van der Waals surface area contributed by atoms with Crippen molar-refractivity contribution in [1.82, 2.24) is 4.98 Å². The molecule has 0 bridgehead atoms. The molecule has 1 aliphatic rings. The molecule has 1 aromatic heterocycles. The number of hydrogen-bond donors (Lipinski definition) is 1. The van der Waals surface area contributed by atoms with Crippen LogP contribution < -0.4 is 10.4 Å². The van der Waals surface area contributed by atoms with Gasteiger partial charge in [0.1, 0.15) is 5.82 Å². The molecule has 0 radical (unpaired) electrons. The van der Waals surface area contributed by atoms with Crippen LogP contribution in [0.25, 0.3) is 11.3 Å². The lowest BCUT2D eigenvalue weighted by atomic mass is 9.76. The van der Waals surface area contributed by atoms with Crippen LogP contribution in [0.5, 0.6) is 0 Å². The average molecular weight is 387 g/mol. The maximum Gasteiger partial charge on any atom is 0.230 e. The molecule has 0 unspecified atom stereocenters. The number of aliphatic carboxylic acids is 1. The molecule has 1 amide bonds. The molecule has 0 fully saturated rings. The van der Waals surface area contributed by atoms with E-state index in [4.69, 9.17) is 0 Å². The number of hydrogen-bond acceptors (Lipinski definition) is 5. The van der Waals surface area contributed by atoms with E-state index < -0.39 is 17.8 Å². The van der Waals surface area contributed by atoms with Gasteiger partial charge in [-0.3, -0.25) is 4.79 Å². The molecule has 1 aliphatic carbocycles. The van der Waals surface area contributed by atoms with Gasteiger partial charge < -0.3 is 15.2 Å². The van der Waals surface area contributed by atoms with Crippen LogP contribution in [0.1, 0.15) is 31.6 Å². The number of carbonyl (C=O) groups excluding carboxylic acids is 2. The summed E-state index contributed by atoms with van der Waals surface area (Å²) >= 11 is 1.30. The molecule has 2 atom stereocenters. The van der Waals surface area contributed by atoms with E-state index in [1.54, 1.807) is 12.1 Å². The number of anilines is 1. The highest BCUT2D eigenvalue weighted by atomic mass is 32.1. The van der Waals surface area contributed by atoms with Crippen molar-refractivity contribution < 1.29 is 19.1 Å². The molecule has 0 saturated heterocycles. The summed E-state index contributed by atoms with van der Waals surface area (Å²) in [6.07, 6.45) is 0.718. The molecule has 5 nitrogen and oxygen atoms in total. The standard InChI is InChI=1S/C20H21FN2O3S/c1-10-8-15(16(19(25)26)9-11(10)2)18(24)23-20-22-17(12(3)27-20)13-4-6-14(21)7-5-13/h4-7,15-16H,8-9H2,1-3H3,(H,25,26)(H,22,23,24)/p-1/t15-,16-/m1/s1. The SMILES string of the molecule is CC1=C(C)C[C@@H](C(=O)Nc2nc(-c3ccc(F)cc3)c(C)s2)[C@H](C(=O)[O-])C1. The Morgan fingerprint density at radius 2 is 1.70 bits per heavy atom. The first-order valence-corrected chi connectivity index (χ1v) is 9.48. The molecular formula is C20H20FN2O3S-. The van der Waals surface area contributed by atoms with Crippen molar-refractivity contribution in [3.63, 3.8) is 0 Å². The third kappa shape index (κ3) is 4.08. The zero-order valence-corrected chi connectivity index (χ0v) is 16.2. The van der Waals surface area contributed by atoms with Crippen LogP contribution in [0, 0.1) is 24.6 Å². The molecule has 0 aliphatic heterocycles. The Balaban J connectivity index is 1.81. The number of nitrogens with zero attached hydrogens (tertiary/aromatic N) is 1. The lowest BCUT2D eigenvalue weighted by Crippen LogP contribution is -2.42. The molecule has 142 valence electrons. The van der Waals surface area contributed by atoms with Gasteiger partial charge in [-0.1, -0.05) is 11.1 Å². The first-order valence-electron chi connectivity index (χ1n) is 8.66. The minimum absolute atomic E-state index is 0.323. The highest BCUT2D eigenvalue weighted by molar-refractivity contribution is 7.16. The van der Waals surface area contributed by atoms with Crippen molar-refractivity contribution >= 4 is 28.3 Å². The first kappa shape index (κ1) is 19.2. The Kier molecular flexibility index (Phi) is 5.41. The van der Waals surface area contributed by atoms with Crippen molar-refractivity contribution in [2.24, 2.45) is 11.8 Å². The second-order valence-electron chi connectivity index (χ2n) is 6.92. The fraction of sp³-hybridized carbons (Fsp3) is 0.350. The lowest BCUT2D eigenvalue weighted by molar-refractivity contribution is -0.313. The summed E-state index contributed by atoms with van der Waals surface area (Å²) in [6.45, 7) is 5.67. The summed E-state index contributed by atoms with van der Waals surface area (Å²) < 4.78 is 13.1. The highest BCUT2D eigenvalue weighted by Gasteiger charge is 2.34. The van der Waals surface area contributed by atoms with E-state index in [9.17, 15) is 19.1 Å². The van der Waals surface area contributed by atoms with Crippen LogP contribution >= 0.6 is 11.3 Å². The fourth-order valence-electron chi connectivity index (χ4n) is 3.34. The Morgan fingerprint density at radius 1 is 1.11 bits per heavy atom. The zero-order valence-electron chi connectivity index (χ0n) is 15.3. The van der Waals surface area contributed by atoms with Gasteiger partial charge in [-0.2, -0.15) is 0 Å². The number of rotatable bonds is 4. The summed E-state index contributed by atoms with van der Waals surface area (Å²) in [5.74, 6) is -3.42. The van der Waals surface area contributed by atoms with Gasteiger partial charge in [0.15, 0.2) is 5.13 Å². The molecule has 3 rings (SSSR count). The smallest absolute Gasteiger partial charge is 0.230 e. The van der Waals surface area contributed by atoms with Gasteiger partial charge in [0.25, 0.3) is 0 Å². The second kappa shape index (κ2) is 7.60. The van der Waals surface area contributed by atoms with E-state index in [-0.39, 0.29) is 11.7 Å². The van der Waals surface area contributed by atoms with Gasteiger partial charge in [0.05, 0.1) is 11.6 Å². The van der Waals surface area contributed by atoms with E-state index in [1.807, 2.05) is 20.8 Å². The molecule has 27 heavy (non-hydrogen) atoms. The molecule has 7 heteroatoms. The highest BCUT2D eigenvalue weighted by Crippen LogP contribution is 2.36. The Bertz CT molecular complexity index is 918. The molecule has 2 aromatic rings. The number of carbonyl (C=O) groups is 2. The Morgan fingerprint density at radius 3 is 2.30 bits per heavy atom. The van der Waals surface area contributed by atoms with Crippen LogP contribution in [-0.2, 0) is 9.59 Å². The quantitative estimate of drug-likeness (QED) is 0.816. The van der Waals surface area contributed by atoms with E-state index >= 15 is 0 Å². The van der Waals surface area contributed by atoms with E-state index in [1.165, 1.54) is 23.5 Å². The summed E-state index contributed by atoms with van der Waals surface area (Å²) in [4.78, 5) is 29.5. The minimum atomic E-state index is -1.20. The van der Waals surface area contributed by atoms with Gasteiger partial charge in [0, 0.05) is 22.3 Å². The van der Waals surface area contributed by atoms with Gasteiger partial charge in [-0.25, -0.2) is 9.37 Å². The van der Waals surface area contributed by atoms with E-state index in [0.29, 0.717) is 23.7 Å². The molecule has 1 N–H and O–H groups in total. The van der Waals surface area contributed by atoms with Crippen LogP contribution in [0.3, 0.4) is 0 Å². The summed E-state index contributed by atoms with van der Waals surface area (Å²) in [6, 6.07) is 5.98. The molecule has 0 saturated carbocycles. The number of nitrogens with one attached hydrogen (secondary N) is 1. The monoisotopic (exact) mass is 387 g/mol. The number of halogens is 1. The van der Waals surface area contributed by atoms with Crippen molar-refractivity contribution in [2.45, 2.75) is 33.6 Å². The maximum atomic E-state index is 13.1. The Hall–Kier alpha value is -2.54. The molecular weight excluding hydrogens is 367 g/mol. The van der Waals surface area contributed by atoms with Crippen molar-refractivity contribution in [1.29, 1.82) is 0 Å². The fourth-order valence-corrected chi connectivity index (χ4v) is 4.18. The third-order valence-corrected chi connectivity index (χ3v) is 5.94. The number of allylic oxidation sites excluding steroid dienone is 2. The number of thiazole rings is 1. The topological polar surface area (TPSA) is 82.1 Å². The van der Waals surface area contributed by atoms with E-state index in [2.05, 4.69) is 10.3 Å². The van der Waals surface area contributed by atoms with Crippen molar-refractivity contribution in [2.75, 3.05) is 5.32 Å². The number of benzene rings is 1. The molecule has 1 heterocycles. The van der Waals surface area contributed by atoms with Gasteiger partial charge in [0.2, 0.25) is 5.91 Å². The minimum Gasteiger partial charge on any atom is -0.550 e. The first-order chi connectivity index (χ1) is 12.8. The Labute approximate surface area is 161 Å². The van der Waals surface area contributed by atoms with Crippen LogP contribution in [0.2, 0.25) is 0 Å². The third-order valence-electron chi connectivity index (χ3n) is 5.05. The van der Waals surface area contributed by atoms with Crippen molar-refractivity contribution in [3.8, 4) is 11.3 Å². The number of amides is 1. The molecule has 0 spiro atoms. The lowest BCUT2D eigenvalue weighted by Gasteiger charge is -2.32. The van der Waals surface area contributed by atoms with Gasteiger partial charge >= 0.3 is 0 Å². The summed E-state index contributed by atoms with van der Waals surface area (Å²) in [5.41, 5.74) is 3.46.